The third-order valence-electron chi connectivity index (χ3n) is 4.83. The topological polar surface area (TPSA) is 67.9 Å². The van der Waals surface area contributed by atoms with Gasteiger partial charge in [-0.1, -0.05) is 30.7 Å². The number of nitrogens with zero attached hydrogens (tertiary/aromatic N) is 1. The second kappa shape index (κ2) is 11.5. The highest BCUT2D eigenvalue weighted by molar-refractivity contribution is 6.30. The zero-order valence-electron chi connectivity index (χ0n) is 17.9. The molecule has 0 fully saturated rings. The Bertz CT molecular complexity index is 841. The highest BCUT2D eigenvalue weighted by Gasteiger charge is 2.27. The highest BCUT2D eigenvalue weighted by Crippen LogP contribution is 2.18. The lowest BCUT2D eigenvalue weighted by molar-refractivity contribution is -0.142. The van der Waals surface area contributed by atoms with Gasteiger partial charge in [0.05, 0.1) is 7.11 Å². The summed E-state index contributed by atoms with van der Waals surface area (Å²) in [5.41, 5.74) is 0.837. The minimum atomic E-state index is -0.662. The summed E-state index contributed by atoms with van der Waals surface area (Å²) in [6.07, 6.45) is 0.807. The van der Waals surface area contributed by atoms with Crippen LogP contribution in [0.1, 0.15) is 32.8 Å². The molecule has 1 N–H and O–H groups in total. The summed E-state index contributed by atoms with van der Waals surface area (Å²) in [7, 11) is 1.58. The minimum Gasteiger partial charge on any atom is -0.497 e. The second-order valence-corrected chi connectivity index (χ2v) is 7.55. The fourth-order valence-corrected chi connectivity index (χ4v) is 2.99. The predicted octanol–water partition coefficient (Wildman–Crippen LogP) is 4.06. The number of rotatable bonds is 10. The monoisotopic (exact) mass is 432 g/mol. The Balaban J connectivity index is 2.13. The molecular formula is C23H29ClN2O4. The Morgan fingerprint density at radius 1 is 1.10 bits per heavy atom. The van der Waals surface area contributed by atoms with Crippen molar-refractivity contribution >= 4 is 23.4 Å². The molecule has 2 rings (SSSR count). The van der Waals surface area contributed by atoms with Gasteiger partial charge < -0.3 is 19.7 Å². The van der Waals surface area contributed by atoms with E-state index in [-0.39, 0.29) is 31.0 Å². The van der Waals surface area contributed by atoms with Crippen molar-refractivity contribution in [1.82, 2.24) is 10.2 Å². The van der Waals surface area contributed by atoms with Crippen LogP contribution in [0.4, 0.5) is 0 Å². The number of amides is 2. The molecule has 2 aromatic rings. The zero-order chi connectivity index (χ0) is 22.1. The van der Waals surface area contributed by atoms with Crippen molar-refractivity contribution in [1.29, 1.82) is 0 Å². The Morgan fingerprint density at radius 3 is 2.37 bits per heavy atom. The fourth-order valence-electron chi connectivity index (χ4n) is 2.78. The Morgan fingerprint density at radius 2 is 1.77 bits per heavy atom. The molecule has 6 nitrogen and oxygen atoms in total. The smallest absolute Gasteiger partial charge is 0.261 e. The van der Waals surface area contributed by atoms with Gasteiger partial charge in [0.2, 0.25) is 5.91 Å². The summed E-state index contributed by atoms with van der Waals surface area (Å²) in [6.45, 7) is 5.70. The predicted molar refractivity (Wildman–Crippen MR) is 118 cm³/mol. The van der Waals surface area contributed by atoms with E-state index in [1.165, 1.54) is 4.90 Å². The molecule has 0 radical (unpaired) electrons. The van der Waals surface area contributed by atoms with E-state index in [0.29, 0.717) is 16.5 Å². The van der Waals surface area contributed by atoms with Crippen LogP contribution in [0.3, 0.4) is 0 Å². The van der Waals surface area contributed by atoms with E-state index >= 15 is 0 Å². The summed E-state index contributed by atoms with van der Waals surface area (Å²) >= 11 is 6.09. The Labute approximate surface area is 183 Å². The molecule has 0 saturated heterocycles. The molecule has 0 aliphatic rings. The second-order valence-electron chi connectivity index (χ2n) is 7.11. The average Bonchev–Trinajstić information content (AvgIpc) is 2.75. The molecule has 162 valence electrons. The van der Waals surface area contributed by atoms with Crippen molar-refractivity contribution in [3.8, 4) is 11.5 Å². The Hall–Kier alpha value is -2.73. The number of nitrogens with one attached hydrogen (secondary N) is 1. The molecule has 2 atom stereocenters. The van der Waals surface area contributed by atoms with Crippen LogP contribution < -0.4 is 14.8 Å². The SMILES string of the molecule is CCC(C)NC(=O)C(C)N(Cc1cccc(Cl)c1)C(=O)COc1ccc(OC)cc1. The van der Waals surface area contributed by atoms with Gasteiger partial charge in [-0.3, -0.25) is 9.59 Å². The number of hydrogen-bond acceptors (Lipinski definition) is 4. The van der Waals surface area contributed by atoms with Crippen LogP contribution in [0.25, 0.3) is 0 Å². The highest BCUT2D eigenvalue weighted by atomic mass is 35.5. The van der Waals surface area contributed by atoms with Crippen molar-refractivity contribution < 1.29 is 19.1 Å². The number of carbonyl (C=O) groups is 2. The maximum atomic E-state index is 13.0. The van der Waals surface area contributed by atoms with Crippen LogP contribution in [-0.2, 0) is 16.1 Å². The van der Waals surface area contributed by atoms with Crippen LogP contribution >= 0.6 is 11.6 Å². The van der Waals surface area contributed by atoms with Crippen molar-refractivity contribution in [3.63, 3.8) is 0 Å². The summed E-state index contributed by atoms with van der Waals surface area (Å²) in [6, 6.07) is 13.6. The van der Waals surface area contributed by atoms with Gasteiger partial charge in [0.1, 0.15) is 17.5 Å². The van der Waals surface area contributed by atoms with Gasteiger partial charge in [0.25, 0.3) is 5.91 Å². The fraction of sp³-hybridized carbons (Fsp3) is 0.391. The average molecular weight is 433 g/mol. The van der Waals surface area contributed by atoms with Crippen molar-refractivity contribution in [2.24, 2.45) is 0 Å². The zero-order valence-corrected chi connectivity index (χ0v) is 18.6. The number of carbonyl (C=O) groups excluding carboxylic acids is 2. The molecule has 7 heteroatoms. The van der Waals surface area contributed by atoms with Gasteiger partial charge in [-0.15, -0.1) is 0 Å². The first-order valence-electron chi connectivity index (χ1n) is 9.95. The van der Waals surface area contributed by atoms with Gasteiger partial charge >= 0.3 is 0 Å². The molecular weight excluding hydrogens is 404 g/mol. The van der Waals surface area contributed by atoms with E-state index in [0.717, 1.165) is 12.0 Å². The summed E-state index contributed by atoms with van der Waals surface area (Å²) in [5.74, 6) is 0.747. The van der Waals surface area contributed by atoms with Crippen molar-refractivity contribution in [3.05, 3.63) is 59.1 Å². The molecule has 0 saturated carbocycles. The lowest BCUT2D eigenvalue weighted by Crippen LogP contribution is -2.50. The van der Waals surface area contributed by atoms with E-state index in [1.807, 2.05) is 26.0 Å². The normalized spacial score (nSPS) is 12.6. The number of benzene rings is 2. The maximum Gasteiger partial charge on any atom is 0.261 e. The summed E-state index contributed by atoms with van der Waals surface area (Å²) in [4.78, 5) is 27.2. The molecule has 0 heterocycles. The van der Waals surface area contributed by atoms with Crippen LogP contribution in [0, 0.1) is 0 Å². The van der Waals surface area contributed by atoms with Gasteiger partial charge in [-0.05, 0) is 62.2 Å². The van der Waals surface area contributed by atoms with Crippen LogP contribution in [0.5, 0.6) is 11.5 Å². The molecule has 0 aromatic heterocycles. The van der Waals surface area contributed by atoms with Crippen LogP contribution in [-0.4, -0.2) is 42.5 Å². The standard InChI is InChI=1S/C23H29ClN2O4/c1-5-16(2)25-23(28)17(3)26(14-18-7-6-8-19(24)13-18)22(27)15-30-21-11-9-20(29-4)10-12-21/h6-13,16-17H,5,14-15H2,1-4H3,(H,25,28). The number of ether oxygens (including phenoxy) is 2. The van der Waals surface area contributed by atoms with Gasteiger partial charge in [-0.2, -0.15) is 0 Å². The minimum absolute atomic E-state index is 0.0265. The quantitative estimate of drug-likeness (QED) is 0.614. The third kappa shape index (κ3) is 6.95. The molecule has 0 spiro atoms. The molecule has 0 aliphatic heterocycles. The van der Waals surface area contributed by atoms with Crippen LogP contribution in [0.15, 0.2) is 48.5 Å². The molecule has 2 amide bonds. The largest absolute Gasteiger partial charge is 0.497 e. The van der Waals surface area contributed by atoms with E-state index in [1.54, 1.807) is 50.4 Å². The van der Waals surface area contributed by atoms with Gasteiger partial charge in [0, 0.05) is 17.6 Å². The third-order valence-corrected chi connectivity index (χ3v) is 5.07. The molecule has 2 unspecified atom stereocenters. The first kappa shape index (κ1) is 23.5. The lowest BCUT2D eigenvalue weighted by Gasteiger charge is -2.29. The maximum absolute atomic E-state index is 13.0. The molecule has 0 bridgehead atoms. The van der Waals surface area contributed by atoms with Crippen molar-refractivity contribution in [2.45, 2.75) is 45.8 Å². The van der Waals surface area contributed by atoms with Gasteiger partial charge in [-0.25, -0.2) is 0 Å². The van der Waals surface area contributed by atoms with Crippen LogP contribution in [0.2, 0.25) is 5.02 Å². The lowest BCUT2D eigenvalue weighted by atomic mass is 10.1. The number of hydrogen-bond donors (Lipinski definition) is 1. The van der Waals surface area contributed by atoms with Gasteiger partial charge in [0.15, 0.2) is 6.61 Å². The first-order chi connectivity index (χ1) is 14.3. The molecule has 2 aromatic carbocycles. The van der Waals surface area contributed by atoms with E-state index in [2.05, 4.69) is 5.32 Å². The molecule has 30 heavy (non-hydrogen) atoms. The molecule has 0 aliphatic carbocycles. The first-order valence-corrected chi connectivity index (χ1v) is 10.3. The summed E-state index contributed by atoms with van der Waals surface area (Å²) in [5, 5.41) is 3.51. The Kier molecular flexibility index (Phi) is 8.99. The van der Waals surface area contributed by atoms with E-state index in [4.69, 9.17) is 21.1 Å². The number of methoxy groups -OCH3 is 1. The number of halogens is 1. The summed E-state index contributed by atoms with van der Waals surface area (Å²) < 4.78 is 10.8. The van der Waals surface area contributed by atoms with E-state index in [9.17, 15) is 9.59 Å². The van der Waals surface area contributed by atoms with E-state index < -0.39 is 6.04 Å². The van der Waals surface area contributed by atoms with Crippen molar-refractivity contribution in [2.75, 3.05) is 13.7 Å².